The van der Waals surface area contributed by atoms with Crippen LogP contribution in [0.25, 0.3) is 0 Å². The van der Waals surface area contributed by atoms with Crippen molar-refractivity contribution in [3.63, 3.8) is 0 Å². The number of nitrogens with zero attached hydrogens (tertiary/aromatic N) is 1. The number of fused-ring (bicyclic) bond motifs is 3. The van der Waals surface area contributed by atoms with Gasteiger partial charge in [0.05, 0.1) is 12.2 Å². The van der Waals surface area contributed by atoms with Gasteiger partial charge in [-0.1, -0.05) is 43.3 Å². The van der Waals surface area contributed by atoms with Crippen LogP contribution in [-0.4, -0.2) is 29.4 Å². The third kappa shape index (κ3) is 5.86. The van der Waals surface area contributed by atoms with Crippen LogP contribution in [0.5, 0.6) is 5.75 Å². The summed E-state index contributed by atoms with van der Waals surface area (Å²) >= 11 is 0. The van der Waals surface area contributed by atoms with Crippen LogP contribution in [0.3, 0.4) is 0 Å². The molecular formula is C29H41NO2. The van der Waals surface area contributed by atoms with Gasteiger partial charge in [0.25, 0.3) is 0 Å². The lowest BCUT2D eigenvalue weighted by Crippen LogP contribution is -2.49. The molecule has 2 aliphatic heterocycles. The van der Waals surface area contributed by atoms with Crippen LogP contribution in [0.2, 0.25) is 0 Å². The maximum absolute atomic E-state index is 10.1. The molecular weight excluding hydrogens is 394 g/mol. The number of aliphatic hydroxyl groups is 1. The number of benzene rings is 2. The van der Waals surface area contributed by atoms with E-state index in [4.69, 9.17) is 4.74 Å². The highest BCUT2D eigenvalue weighted by atomic mass is 16.5. The second-order valence-corrected chi connectivity index (χ2v) is 9.92. The van der Waals surface area contributed by atoms with Crippen molar-refractivity contribution in [1.29, 1.82) is 0 Å². The molecule has 3 nitrogen and oxygen atoms in total. The molecule has 2 aromatic rings. The van der Waals surface area contributed by atoms with Gasteiger partial charge >= 0.3 is 0 Å². The summed E-state index contributed by atoms with van der Waals surface area (Å²) in [6.07, 6.45) is 12.5. The molecule has 1 saturated heterocycles. The Labute approximate surface area is 194 Å². The molecule has 4 atom stereocenters. The van der Waals surface area contributed by atoms with E-state index < -0.39 is 0 Å². The van der Waals surface area contributed by atoms with E-state index in [9.17, 15) is 5.11 Å². The standard InChI is InChI=1S/C29H41NO2/c1-3-27(31)19-18-26-14-8-13-25-17-15-24-16-20-28(21-29(24)30(25)26)32-22(2)9-7-12-23-10-5-4-6-11-23/h4-6,10-11,16,20-22,25-27,31H,3,7-9,12-15,17-19H2,1-2H3. The first-order valence-electron chi connectivity index (χ1n) is 12.9. The van der Waals surface area contributed by atoms with E-state index in [-0.39, 0.29) is 12.2 Å². The lowest BCUT2D eigenvalue weighted by molar-refractivity contribution is 0.151. The van der Waals surface area contributed by atoms with Crippen molar-refractivity contribution in [3.8, 4) is 5.75 Å². The van der Waals surface area contributed by atoms with Crippen molar-refractivity contribution in [2.45, 2.75) is 109 Å². The number of hydrogen-bond donors (Lipinski definition) is 1. The molecule has 2 heterocycles. The van der Waals surface area contributed by atoms with Crippen molar-refractivity contribution in [2.75, 3.05) is 4.90 Å². The number of rotatable bonds is 10. The fraction of sp³-hybridized carbons (Fsp3) is 0.586. The van der Waals surface area contributed by atoms with Crippen LogP contribution < -0.4 is 9.64 Å². The fourth-order valence-corrected chi connectivity index (χ4v) is 5.63. The predicted octanol–water partition coefficient (Wildman–Crippen LogP) is 6.70. The van der Waals surface area contributed by atoms with Crippen LogP contribution in [0.4, 0.5) is 5.69 Å². The predicted molar refractivity (Wildman–Crippen MR) is 134 cm³/mol. The third-order valence-corrected chi connectivity index (χ3v) is 7.50. The van der Waals surface area contributed by atoms with Gasteiger partial charge in [-0.25, -0.2) is 0 Å². The SMILES string of the molecule is CCC(O)CCC1CCCC2CCc3ccc(OC(C)CCCc4ccccc4)cc3N21. The molecule has 3 heteroatoms. The van der Waals surface area contributed by atoms with Crippen LogP contribution in [0.15, 0.2) is 48.5 Å². The molecule has 1 fully saturated rings. The maximum atomic E-state index is 10.1. The summed E-state index contributed by atoms with van der Waals surface area (Å²) in [6, 6.07) is 18.7. The third-order valence-electron chi connectivity index (χ3n) is 7.50. The molecule has 1 N–H and O–H groups in total. The Bertz CT molecular complexity index is 836. The number of ether oxygens (including phenoxy) is 1. The fourth-order valence-electron chi connectivity index (χ4n) is 5.63. The summed E-state index contributed by atoms with van der Waals surface area (Å²) in [5.41, 5.74) is 4.27. The summed E-state index contributed by atoms with van der Waals surface area (Å²) in [6.45, 7) is 4.28. The molecule has 2 aliphatic rings. The lowest BCUT2D eigenvalue weighted by Gasteiger charge is -2.48. The first kappa shape index (κ1) is 23.2. The van der Waals surface area contributed by atoms with E-state index in [1.807, 2.05) is 0 Å². The van der Waals surface area contributed by atoms with Crippen LogP contribution in [0.1, 0.15) is 82.8 Å². The summed E-state index contributed by atoms with van der Waals surface area (Å²) in [7, 11) is 0. The summed E-state index contributed by atoms with van der Waals surface area (Å²) in [4.78, 5) is 2.71. The molecule has 0 saturated carbocycles. The van der Waals surface area contributed by atoms with E-state index in [1.54, 1.807) is 0 Å². The van der Waals surface area contributed by atoms with E-state index in [2.05, 4.69) is 67.3 Å². The molecule has 0 radical (unpaired) electrons. The molecule has 4 unspecified atom stereocenters. The Hall–Kier alpha value is -2.00. The van der Waals surface area contributed by atoms with Gasteiger partial charge in [0.2, 0.25) is 0 Å². The molecule has 32 heavy (non-hydrogen) atoms. The number of aryl methyl sites for hydroxylation is 2. The minimum absolute atomic E-state index is 0.161. The van der Waals surface area contributed by atoms with Gasteiger partial charge < -0.3 is 14.7 Å². The molecule has 0 amide bonds. The highest BCUT2D eigenvalue weighted by Gasteiger charge is 2.34. The van der Waals surface area contributed by atoms with Crippen molar-refractivity contribution < 1.29 is 9.84 Å². The Kier molecular flexibility index (Phi) is 8.13. The van der Waals surface area contributed by atoms with Gasteiger partial charge in [0.1, 0.15) is 5.75 Å². The zero-order valence-corrected chi connectivity index (χ0v) is 20.0. The average Bonchev–Trinajstić information content (AvgIpc) is 2.82. The minimum Gasteiger partial charge on any atom is -0.491 e. The molecule has 2 aromatic carbocycles. The molecule has 174 valence electrons. The average molecular weight is 436 g/mol. The Morgan fingerprint density at radius 3 is 2.72 bits per heavy atom. The van der Waals surface area contributed by atoms with Crippen LogP contribution in [-0.2, 0) is 12.8 Å². The highest BCUT2D eigenvalue weighted by molar-refractivity contribution is 5.61. The second kappa shape index (κ2) is 11.2. The number of aliphatic hydroxyl groups excluding tert-OH is 1. The number of anilines is 1. The van der Waals surface area contributed by atoms with Gasteiger partial charge in [0, 0.05) is 23.8 Å². The normalized spacial score (nSPS) is 22.0. The zero-order chi connectivity index (χ0) is 22.3. The van der Waals surface area contributed by atoms with E-state index >= 15 is 0 Å². The van der Waals surface area contributed by atoms with E-state index in [0.29, 0.717) is 12.1 Å². The largest absolute Gasteiger partial charge is 0.491 e. The smallest absolute Gasteiger partial charge is 0.121 e. The first-order valence-corrected chi connectivity index (χ1v) is 12.9. The van der Waals surface area contributed by atoms with Crippen LogP contribution in [0, 0.1) is 0 Å². The van der Waals surface area contributed by atoms with Gasteiger partial charge in [0.15, 0.2) is 0 Å². The maximum Gasteiger partial charge on any atom is 0.121 e. The Morgan fingerprint density at radius 2 is 1.91 bits per heavy atom. The van der Waals surface area contributed by atoms with Gasteiger partial charge in [-0.3, -0.25) is 0 Å². The molecule has 0 bridgehead atoms. The van der Waals surface area contributed by atoms with Gasteiger partial charge in [-0.15, -0.1) is 0 Å². The first-order chi connectivity index (χ1) is 15.6. The molecule has 0 spiro atoms. The summed E-state index contributed by atoms with van der Waals surface area (Å²) in [5, 5.41) is 10.1. The number of piperidine rings is 1. The quantitative estimate of drug-likeness (QED) is 0.451. The van der Waals surface area contributed by atoms with Gasteiger partial charge in [-0.2, -0.15) is 0 Å². The zero-order valence-electron chi connectivity index (χ0n) is 20.0. The minimum atomic E-state index is -0.161. The Morgan fingerprint density at radius 1 is 1.06 bits per heavy atom. The molecule has 4 rings (SSSR count). The Balaban J connectivity index is 1.39. The van der Waals surface area contributed by atoms with E-state index in [1.165, 1.54) is 48.9 Å². The monoisotopic (exact) mass is 435 g/mol. The topological polar surface area (TPSA) is 32.7 Å². The molecule has 0 aromatic heterocycles. The summed E-state index contributed by atoms with van der Waals surface area (Å²) in [5.74, 6) is 1.01. The van der Waals surface area contributed by atoms with Gasteiger partial charge in [-0.05, 0) is 94.7 Å². The van der Waals surface area contributed by atoms with Crippen molar-refractivity contribution in [3.05, 3.63) is 59.7 Å². The van der Waals surface area contributed by atoms with E-state index in [0.717, 1.165) is 44.3 Å². The van der Waals surface area contributed by atoms with Crippen molar-refractivity contribution in [2.24, 2.45) is 0 Å². The molecule has 0 aliphatic carbocycles. The highest BCUT2D eigenvalue weighted by Crippen LogP contribution is 2.41. The van der Waals surface area contributed by atoms with Crippen LogP contribution >= 0.6 is 0 Å². The van der Waals surface area contributed by atoms with Crippen molar-refractivity contribution in [1.82, 2.24) is 0 Å². The lowest BCUT2D eigenvalue weighted by atomic mass is 9.84. The van der Waals surface area contributed by atoms with Crippen molar-refractivity contribution >= 4 is 5.69 Å². The summed E-state index contributed by atoms with van der Waals surface area (Å²) < 4.78 is 6.38. The number of hydrogen-bond acceptors (Lipinski definition) is 3. The second-order valence-electron chi connectivity index (χ2n) is 9.92.